The van der Waals surface area contributed by atoms with E-state index >= 15 is 0 Å². The van der Waals surface area contributed by atoms with Gasteiger partial charge in [-0.3, -0.25) is 14.3 Å². The van der Waals surface area contributed by atoms with Crippen molar-refractivity contribution in [3.63, 3.8) is 0 Å². The van der Waals surface area contributed by atoms with Gasteiger partial charge in [0.25, 0.3) is 15.8 Å². The monoisotopic (exact) mass is 376 g/mol. The lowest BCUT2D eigenvalue weighted by Gasteiger charge is -2.10. The van der Waals surface area contributed by atoms with Gasteiger partial charge < -0.3 is 4.52 Å². The van der Waals surface area contributed by atoms with Gasteiger partial charge in [-0.05, 0) is 25.1 Å². The first-order valence-corrected chi connectivity index (χ1v) is 8.69. The van der Waals surface area contributed by atoms with E-state index in [0.29, 0.717) is 5.82 Å². The number of hydrogen-bond donors (Lipinski definition) is 0. The summed E-state index contributed by atoms with van der Waals surface area (Å²) in [6, 6.07) is 7.50. The minimum atomic E-state index is -4.14. The Kier molecular flexibility index (Phi) is 4.73. The first kappa shape index (κ1) is 17.6. The van der Waals surface area contributed by atoms with Gasteiger partial charge in [-0.25, -0.2) is 9.97 Å². The van der Waals surface area contributed by atoms with Crippen molar-refractivity contribution in [1.82, 2.24) is 15.1 Å². The van der Waals surface area contributed by atoms with Crippen LogP contribution < -0.4 is 0 Å². The molecule has 11 heteroatoms. The van der Waals surface area contributed by atoms with Gasteiger partial charge in [0.05, 0.1) is 9.82 Å². The van der Waals surface area contributed by atoms with Crippen molar-refractivity contribution in [2.24, 2.45) is 0 Å². The summed E-state index contributed by atoms with van der Waals surface area (Å²) in [6.45, 7) is 1.48. The standard InChI is InChI=1S/C15H12N4O6S/c1-10(13-9-14(24-18-13)15-16-7-2-8-17-15)25-26(22,23)12-5-3-11(4-6-12)19(20)21/h2-10H,1H3. The van der Waals surface area contributed by atoms with E-state index in [-0.39, 0.29) is 22.0 Å². The molecule has 0 aliphatic rings. The summed E-state index contributed by atoms with van der Waals surface area (Å²) in [5.74, 6) is 0.570. The third-order valence-electron chi connectivity index (χ3n) is 3.34. The average Bonchev–Trinajstić information content (AvgIpc) is 3.12. The lowest BCUT2D eigenvalue weighted by atomic mass is 10.2. The molecule has 3 aromatic rings. The van der Waals surface area contributed by atoms with Crippen molar-refractivity contribution in [3.05, 3.63) is 64.6 Å². The normalized spacial score (nSPS) is 12.7. The fourth-order valence-electron chi connectivity index (χ4n) is 2.04. The van der Waals surface area contributed by atoms with Crippen LogP contribution in [0.15, 0.2) is 58.2 Å². The van der Waals surface area contributed by atoms with Crippen LogP contribution in [-0.2, 0) is 14.3 Å². The molecule has 0 radical (unpaired) electrons. The first-order valence-electron chi connectivity index (χ1n) is 7.28. The van der Waals surface area contributed by atoms with Gasteiger partial charge in [-0.1, -0.05) is 5.16 Å². The fraction of sp³-hybridized carbons (Fsp3) is 0.133. The molecular formula is C15H12N4O6S. The van der Waals surface area contributed by atoms with Crippen molar-refractivity contribution in [1.29, 1.82) is 0 Å². The maximum atomic E-state index is 12.3. The molecule has 0 saturated heterocycles. The lowest BCUT2D eigenvalue weighted by molar-refractivity contribution is -0.384. The van der Waals surface area contributed by atoms with E-state index in [9.17, 15) is 18.5 Å². The van der Waals surface area contributed by atoms with E-state index in [2.05, 4.69) is 15.1 Å². The minimum Gasteiger partial charge on any atom is -0.353 e. The average molecular weight is 376 g/mol. The van der Waals surface area contributed by atoms with Crippen LogP contribution in [-0.4, -0.2) is 28.5 Å². The molecule has 2 heterocycles. The molecule has 0 aliphatic heterocycles. The van der Waals surface area contributed by atoms with Crippen LogP contribution in [0.3, 0.4) is 0 Å². The van der Waals surface area contributed by atoms with Crippen molar-refractivity contribution < 1.29 is 22.0 Å². The Hall–Kier alpha value is -3.18. The highest BCUT2D eigenvalue weighted by Crippen LogP contribution is 2.26. The van der Waals surface area contributed by atoms with Gasteiger partial charge in [0.1, 0.15) is 11.8 Å². The second-order valence-electron chi connectivity index (χ2n) is 5.13. The number of hydrogen-bond acceptors (Lipinski definition) is 9. The molecule has 0 saturated carbocycles. The molecule has 1 aromatic carbocycles. The number of nitrogens with zero attached hydrogens (tertiary/aromatic N) is 4. The van der Waals surface area contributed by atoms with E-state index < -0.39 is 21.1 Å². The zero-order valence-electron chi connectivity index (χ0n) is 13.3. The Morgan fingerprint density at radius 3 is 2.46 bits per heavy atom. The van der Waals surface area contributed by atoms with Gasteiger partial charge in [-0.2, -0.15) is 8.42 Å². The van der Waals surface area contributed by atoms with Crippen molar-refractivity contribution in [2.45, 2.75) is 17.9 Å². The van der Waals surface area contributed by atoms with Gasteiger partial charge in [0.15, 0.2) is 5.82 Å². The highest BCUT2D eigenvalue weighted by atomic mass is 32.2. The number of nitro groups is 1. The summed E-state index contributed by atoms with van der Waals surface area (Å²) in [5.41, 5.74) is 0.0129. The molecule has 0 spiro atoms. The fourth-order valence-corrected chi connectivity index (χ4v) is 3.10. The molecule has 1 atom stereocenters. The van der Waals surface area contributed by atoms with Gasteiger partial charge in [0, 0.05) is 30.6 Å². The first-order chi connectivity index (χ1) is 12.4. The summed E-state index contributed by atoms with van der Waals surface area (Å²) in [5, 5.41) is 14.4. The van der Waals surface area contributed by atoms with Gasteiger partial charge in [-0.15, -0.1) is 0 Å². The largest absolute Gasteiger partial charge is 0.353 e. The number of aromatic nitrogens is 3. The second kappa shape index (κ2) is 6.98. The van der Waals surface area contributed by atoms with E-state index in [1.807, 2.05) is 0 Å². The maximum absolute atomic E-state index is 12.3. The molecule has 1 unspecified atom stereocenters. The molecule has 10 nitrogen and oxygen atoms in total. The number of non-ortho nitro benzene ring substituents is 1. The second-order valence-corrected chi connectivity index (χ2v) is 6.70. The number of rotatable bonds is 6. The van der Waals surface area contributed by atoms with Crippen molar-refractivity contribution in [2.75, 3.05) is 0 Å². The van der Waals surface area contributed by atoms with Crippen LogP contribution in [0.4, 0.5) is 5.69 Å². The minimum absolute atomic E-state index is 0.204. The lowest BCUT2D eigenvalue weighted by Crippen LogP contribution is -2.10. The van der Waals surface area contributed by atoms with Crippen LogP contribution in [0, 0.1) is 10.1 Å². The summed E-state index contributed by atoms with van der Waals surface area (Å²) in [7, 11) is -4.14. The van der Waals surface area contributed by atoms with Crippen molar-refractivity contribution >= 4 is 15.8 Å². The predicted molar refractivity (Wildman–Crippen MR) is 87.3 cm³/mol. The van der Waals surface area contributed by atoms with E-state index in [4.69, 9.17) is 8.71 Å². The number of nitro benzene ring substituents is 1. The summed E-state index contributed by atoms with van der Waals surface area (Å²) >= 11 is 0. The molecule has 26 heavy (non-hydrogen) atoms. The van der Waals surface area contributed by atoms with Crippen LogP contribution in [0.25, 0.3) is 11.6 Å². The smallest absolute Gasteiger partial charge is 0.297 e. The molecule has 3 rings (SSSR count). The summed E-state index contributed by atoms with van der Waals surface area (Å²) in [4.78, 5) is 17.8. The van der Waals surface area contributed by atoms with Crippen molar-refractivity contribution in [3.8, 4) is 11.6 Å². The molecule has 0 aliphatic carbocycles. The zero-order valence-corrected chi connectivity index (χ0v) is 14.2. The summed E-state index contributed by atoms with van der Waals surface area (Å²) < 4.78 is 34.8. The van der Waals surface area contributed by atoms with Crippen LogP contribution in [0.1, 0.15) is 18.7 Å². The molecule has 0 N–H and O–H groups in total. The predicted octanol–water partition coefficient (Wildman–Crippen LogP) is 2.51. The van der Waals surface area contributed by atoms with Crippen LogP contribution in [0.5, 0.6) is 0 Å². The topological polar surface area (TPSA) is 138 Å². The van der Waals surface area contributed by atoms with Crippen LogP contribution in [0.2, 0.25) is 0 Å². The molecule has 134 valence electrons. The third-order valence-corrected chi connectivity index (χ3v) is 4.73. The molecular weight excluding hydrogens is 364 g/mol. The Labute approximate surface area is 147 Å². The Bertz CT molecular complexity index is 1020. The van der Waals surface area contributed by atoms with Gasteiger partial charge in [0.2, 0.25) is 5.76 Å². The number of benzene rings is 1. The molecule has 0 amide bonds. The highest BCUT2D eigenvalue weighted by Gasteiger charge is 2.24. The maximum Gasteiger partial charge on any atom is 0.297 e. The van der Waals surface area contributed by atoms with E-state index in [1.165, 1.54) is 25.4 Å². The molecule has 2 aromatic heterocycles. The van der Waals surface area contributed by atoms with Crippen LogP contribution >= 0.6 is 0 Å². The Morgan fingerprint density at radius 1 is 1.19 bits per heavy atom. The highest BCUT2D eigenvalue weighted by molar-refractivity contribution is 7.86. The molecule has 0 bridgehead atoms. The SMILES string of the molecule is CC(OS(=O)(=O)c1ccc([N+](=O)[O-])cc1)c1cc(-c2ncccn2)on1. The quantitative estimate of drug-likeness (QED) is 0.360. The van der Waals surface area contributed by atoms with Gasteiger partial charge >= 0.3 is 0 Å². The Balaban J connectivity index is 1.77. The summed E-state index contributed by atoms with van der Waals surface area (Å²) in [6.07, 6.45) is 2.11. The van der Waals surface area contributed by atoms with E-state index in [1.54, 1.807) is 6.07 Å². The molecule has 0 fully saturated rings. The van der Waals surface area contributed by atoms with E-state index in [0.717, 1.165) is 24.3 Å². The Morgan fingerprint density at radius 2 is 1.85 bits per heavy atom. The third kappa shape index (κ3) is 3.73. The zero-order chi connectivity index (χ0) is 18.7.